The number of rotatable bonds is 1. The van der Waals surface area contributed by atoms with E-state index in [1.54, 1.807) is 0 Å². The van der Waals surface area contributed by atoms with Crippen LogP contribution in [0.15, 0.2) is 18.2 Å². The Morgan fingerprint density at radius 2 is 1.71 bits per heavy atom. The van der Waals surface area contributed by atoms with Gasteiger partial charge in [0, 0.05) is 5.56 Å². The van der Waals surface area contributed by atoms with Crippen molar-refractivity contribution in [3.8, 4) is 0 Å². The predicted molar refractivity (Wildman–Crippen MR) is 40.8 cm³/mol. The van der Waals surface area contributed by atoms with Crippen LogP contribution in [0.25, 0.3) is 0 Å². The third-order valence-electron chi connectivity index (χ3n) is 1.68. The van der Waals surface area contributed by atoms with Gasteiger partial charge in [-0.25, -0.2) is 8.78 Å². The Labute approximate surface area is 76.3 Å². The average Bonchev–Trinajstić information content (AvgIpc) is 2.01. The third kappa shape index (κ3) is 1.94. The molecule has 0 spiro atoms. The Kier molecular flexibility index (Phi) is 2.64. The molecule has 0 atom stereocenters. The summed E-state index contributed by atoms with van der Waals surface area (Å²) in [4.78, 5) is 0. The molecule has 0 aliphatic carbocycles. The predicted octanol–water partition coefficient (Wildman–Crippen LogP) is 3.23. The smallest absolute Gasteiger partial charge is 0.398 e. The lowest BCUT2D eigenvalue weighted by Gasteiger charge is -2.12. The van der Waals surface area contributed by atoms with Crippen LogP contribution in [-0.2, 0) is 6.18 Å². The molecule has 0 saturated carbocycles. The molecule has 0 bridgehead atoms. The van der Waals surface area contributed by atoms with E-state index in [-0.39, 0.29) is 0 Å². The number of anilines is 1. The van der Waals surface area contributed by atoms with Gasteiger partial charge in [0.25, 0.3) is 6.43 Å². The molecule has 0 radical (unpaired) electrons. The monoisotopic (exact) mass is 211 g/mol. The van der Waals surface area contributed by atoms with Crippen molar-refractivity contribution in [2.75, 3.05) is 5.73 Å². The number of hydrogen-bond acceptors (Lipinski definition) is 1. The minimum absolute atomic E-state index is 0.668. The molecule has 2 N–H and O–H groups in total. The number of hydrogen-bond donors (Lipinski definition) is 1. The summed E-state index contributed by atoms with van der Waals surface area (Å²) in [7, 11) is 0. The van der Waals surface area contributed by atoms with Crippen molar-refractivity contribution in [2.24, 2.45) is 0 Å². The molecule has 6 heteroatoms. The highest BCUT2D eigenvalue weighted by Crippen LogP contribution is 2.37. The highest BCUT2D eigenvalue weighted by atomic mass is 19.4. The van der Waals surface area contributed by atoms with Crippen LogP contribution in [0.5, 0.6) is 0 Å². The van der Waals surface area contributed by atoms with Gasteiger partial charge in [-0.15, -0.1) is 0 Å². The molecule has 14 heavy (non-hydrogen) atoms. The van der Waals surface area contributed by atoms with Gasteiger partial charge in [0.15, 0.2) is 0 Å². The maximum absolute atomic E-state index is 12.2. The fraction of sp³-hybridized carbons (Fsp3) is 0.250. The second-order valence-electron chi connectivity index (χ2n) is 2.61. The van der Waals surface area contributed by atoms with Crippen LogP contribution in [0.4, 0.5) is 27.6 Å². The van der Waals surface area contributed by atoms with Gasteiger partial charge < -0.3 is 5.73 Å². The van der Waals surface area contributed by atoms with Gasteiger partial charge in [-0.3, -0.25) is 0 Å². The summed E-state index contributed by atoms with van der Waals surface area (Å²) in [5.41, 5.74) is 2.04. The Hall–Kier alpha value is -1.33. The SMILES string of the molecule is Nc1c(C(F)F)cccc1C(F)(F)F. The molecule has 0 heterocycles. The van der Waals surface area contributed by atoms with Crippen molar-refractivity contribution >= 4 is 5.69 Å². The van der Waals surface area contributed by atoms with Gasteiger partial charge in [0.2, 0.25) is 0 Å². The summed E-state index contributed by atoms with van der Waals surface area (Å²) >= 11 is 0. The van der Waals surface area contributed by atoms with E-state index in [2.05, 4.69) is 0 Å². The summed E-state index contributed by atoms with van der Waals surface area (Å²) in [6, 6.07) is 2.44. The van der Waals surface area contributed by atoms with Crippen LogP contribution in [-0.4, -0.2) is 0 Å². The Morgan fingerprint density at radius 3 is 2.14 bits per heavy atom. The van der Waals surface area contributed by atoms with E-state index in [1.807, 2.05) is 0 Å². The van der Waals surface area contributed by atoms with E-state index in [1.165, 1.54) is 0 Å². The van der Waals surface area contributed by atoms with Crippen LogP contribution in [0.2, 0.25) is 0 Å². The summed E-state index contributed by atoms with van der Waals surface area (Å²) in [5, 5.41) is 0. The zero-order chi connectivity index (χ0) is 10.9. The highest BCUT2D eigenvalue weighted by Gasteiger charge is 2.34. The van der Waals surface area contributed by atoms with Gasteiger partial charge in [-0.1, -0.05) is 12.1 Å². The van der Waals surface area contributed by atoms with Gasteiger partial charge in [0.05, 0.1) is 11.3 Å². The van der Waals surface area contributed by atoms with E-state index >= 15 is 0 Å². The Morgan fingerprint density at radius 1 is 1.14 bits per heavy atom. The van der Waals surface area contributed by atoms with Crippen molar-refractivity contribution in [3.63, 3.8) is 0 Å². The minimum atomic E-state index is -4.70. The molecule has 0 fully saturated rings. The van der Waals surface area contributed by atoms with Crippen LogP contribution in [0.1, 0.15) is 17.6 Å². The number of nitrogen functional groups attached to an aromatic ring is 1. The molecule has 0 amide bonds. The maximum atomic E-state index is 12.2. The first kappa shape index (κ1) is 10.7. The van der Waals surface area contributed by atoms with E-state index in [9.17, 15) is 22.0 Å². The van der Waals surface area contributed by atoms with Gasteiger partial charge >= 0.3 is 6.18 Å². The quantitative estimate of drug-likeness (QED) is 0.560. The number of nitrogens with two attached hydrogens (primary N) is 1. The van der Waals surface area contributed by atoms with E-state index < -0.39 is 29.4 Å². The molecule has 0 aliphatic rings. The Bertz CT molecular complexity index is 331. The van der Waals surface area contributed by atoms with Crippen LogP contribution in [0, 0.1) is 0 Å². The molecule has 78 valence electrons. The molecule has 0 aromatic heterocycles. The first-order chi connectivity index (χ1) is 6.34. The maximum Gasteiger partial charge on any atom is 0.418 e. The van der Waals surface area contributed by atoms with Crippen LogP contribution < -0.4 is 5.73 Å². The molecule has 0 aliphatic heterocycles. The van der Waals surface area contributed by atoms with E-state index in [0.717, 1.165) is 12.1 Å². The summed E-state index contributed by atoms with van der Waals surface area (Å²) < 4.78 is 60.8. The molecule has 0 saturated heterocycles. The zero-order valence-electron chi connectivity index (χ0n) is 6.78. The lowest BCUT2D eigenvalue weighted by atomic mass is 10.1. The topological polar surface area (TPSA) is 26.0 Å². The Balaban J connectivity index is 3.28. The molecule has 1 aromatic carbocycles. The molecule has 1 rings (SSSR count). The normalized spacial score (nSPS) is 12.1. The number of halogens is 5. The molecule has 1 aromatic rings. The molecule has 1 nitrogen and oxygen atoms in total. The summed E-state index contributed by atoms with van der Waals surface area (Å²) in [5.74, 6) is 0. The fourth-order valence-corrected chi connectivity index (χ4v) is 1.02. The van der Waals surface area contributed by atoms with Crippen molar-refractivity contribution in [1.29, 1.82) is 0 Å². The van der Waals surface area contributed by atoms with Gasteiger partial charge in [-0.2, -0.15) is 13.2 Å². The van der Waals surface area contributed by atoms with E-state index in [4.69, 9.17) is 5.73 Å². The van der Waals surface area contributed by atoms with Crippen molar-refractivity contribution < 1.29 is 22.0 Å². The standard InChI is InChI=1S/C8H6F5N/c9-7(10)4-2-1-3-5(6(4)14)8(11,12)13/h1-3,7H,14H2. The average molecular weight is 211 g/mol. The number of para-hydroxylation sites is 1. The van der Waals surface area contributed by atoms with Crippen LogP contribution in [0.3, 0.4) is 0 Å². The second kappa shape index (κ2) is 3.43. The number of benzene rings is 1. The first-order valence-corrected chi connectivity index (χ1v) is 3.57. The number of alkyl halides is 5. The second-order valence-corrected chi connectivity index (χ2v) is 2.61. The summed E-state index contributed by atoms with van der Waals surface area (Å²) in [6.07, 6.45) is -7.70. The fourth-order valence-electron chi connectivity index (χ4n) is 1.02. The third-order valence-corrected chi connectivity index (χ3v) is 1.68. The first-order valence-electron chi connectivity index (χ1n) is 3.57. The zero-order valence-corrected chi connectivity index (χ0v) is 6.78. The minimum Gasteiger partial charge on any atom is -0.398 e. The van der Waals surface area contributed by atoms with E-state index in [0.29, 0.717) is 6.07 Å². The van der Waals surface area contributed by atoms with Gasteiger partial charge in [0.1, 0.15) is 0 Å². The molecular formula is C8H6F5N. The van der Waals surface area contributed by atoms with Crippen molar-refractivity contribution in [2.45, 2.75) is 12.6 Å². The largest absolute Gasteiger partial charge is 0.418 e. The lowest BCUT2D eigenvalue weighted by molar-refractivity contribution is -0.137. The van der Waals surface area contributed by atoms with Crippen molar-refractivity contribution in [3.05, 3.63) is 29.3 Å². The van der Waals surface area contributed by atoms with Crippen molar-refractivity contribution in [1.82, 2.24) is 0 Å². The molecular weight excluding hydrogens is 205 g/mol. The van der Waals surface area contributed by atoms with Gasteiger partial charge in [-0.05, 0) is 6.07 Å². The highest BCUT2D eigenvalue weighted by molar-refractivity contribution is 5.55. The summed E-state index contributed by atoms with van der Waals surface area (Å²) in [6.45, 7) is 0. The van der Waals surface area contributed by atoms with Crippen LogP contribution >= 0.6 is 0 Å². The molecule has 0 unspecified atom stereocenters. The lowest BCUT2D eigenvalue weighted by Crippen LogP contribution is -2.10.